The predicted molar refractivity (Wildman–Crippen MR) is 57.1 cm³/mol. The summed E-state index contributed by atoms with van der Waals surface area (Å²) in [5.41, 5.74) is 5.43. The second-order valence-electron chi connectivity index (χ2n) is 4.02. The number of amides is 2. The molecule has 0 aliphatic carbocycles. The summed E-state index contributed by atoms with van der Waals surface area (Å²) < 4.78 is 0. The molecule has 15 heavy (non-hydrogen) atoms. The molecule has 2 atom stereocenters. The molecule has 1 fully saturated rings. The Bertz CT molecular complexity index is 255. The van der Waals surface area contributed by atoms with Gasteiger partial charge in [0, 0.05) is 25.6 Å². The van der Waals surface area contributed by atoms with Crippen LogP contribution in [0.3, 0.4) is 0 Å². The molecule has 0 spiro atoms. The third-order valence-corrected chi connectivity index (χ3v) is 2.67. The number of nitrogens with two attached hydrogens (primary N) is 1. The van der Waals surface area contributed by atoms with Crippen molar-refractivity contribution in [2.45, 2.75) is 38.8 Å². The van der Waals surface area contributed by atoms with E-state index in [-0.39, 0.29) is 23.9 Å². The van der Waals surface area contributed by atoms with Gasteiger partial charge in [0.25, 0.3) is 0 Å². The molecule has 1 aliphatic rings. The Kier molecular flexibility index (Phi) is 4.08. The van der Waals surface area contributed by atoms with E-state index in [2.05, 4.69) is 5.32 Å². The SMILES string of the molecule is CCC(C)NC(=O)CCN1CC(N)C1=O. The Morgan fingerprint density at radius 2 is 2.40 bits per heavy atom. The number of β-lactam (4-membered cyclic amide) rings is 1. The first kappa shape index (κ1) is 12.0. The number of rotatable bonds is 5. The standard InChI is InChI=1S/C10H19N3O2/c1-3-7(2)12-9(14)4-5-13-6-8(11)10(13)15/h7-8H,3-6,11H2,1-2H3,(H,12,14). The molecule has 0 aromatic rings. The number of likely N-dealkylation sites (tertiary alicyclic amines) is 1. The van der Waals surface area contributed by atoms with Crippen LogP contribution in [0.5, 0.6) is 0 Å². The minimum atomic E-state index is -0.345. The molecule has 2 unspecified atom stereocenters. The summed E-state index contributed by atoms with van der Waals surface area (Å²) in [6.07, 6.45) is 1.28. The minimum Gasteiger partial charge on any atom is -0.354 e. The molecule has 1 aliphatic heterocycles. The Hall–Kier alpha value is -1.10. The highest BCUT2D eigenvalue weighted by Crippen LogP contribution is 2.07. The Balaban J connectivity index is 2.15. The van der Waals surface area contributed by atoms with Crippen LogP contribution in [0.4, 0.5) is 0 Å². The van der Waals surface area contributed by atoms with Crippen LogP contribution >= 0.6 is 0 Å². The van der Waals surface area contributed by atoms with E-state index in [1.165, 1.54) is 0 Å². The van der Waals surface area contributed by atoms with E-state index in [1.807, 2.05) is 13.8 Å². The smallest absolute Gasteiger partial charge is 0.241 e. The van der Waals surface area contributed by atoms with Crippen molar-refractivity contribution in [3.63, 3.8) is 0 Å². The van der Waals surface area contributed by atoms with Crippen LogP contribution in [0.25, 0.3) is 0 Å². The van der Waals surface area contributed by atoms with Crippen molar-refractivity contribution >= 4 is 11.8 Å². The van der Waals surface area contributed by atoms with Crippen molar-refractivity contribution in [2.75, 3.05) is 13.1 Å². The second kappa shape index (κ2) is 5.11. The first-order chi connectivity index (χ1) is 7.04. The van der Waals surface area contributed by atoms with Crippen molar-refractivity contribution in [3.05, 3.63) is 0 Å². The van der Waals surface area contributed by atoms with Crippen LogP contribution in [-0.2, 0) is 9.59 Å². The normalized spacial score (nSPS) is 22.2. The molecule has 0 radical (unpaired) electrons. The minimum absolute atomic E-state index is 0.00220. The molecule has 0 aromatic carbocycles. The molecule has 1 rings (SSSR count). The van der Waals surface area contributed by atoms with Gasteiger partial charge in [0.05, 0.1) is 0 Å². The Morgan fingerprint density at radius 3 is 2.87 bits per heavy atom. The highest BCUT2D eigenvalue weighted by molar-refractivity contribution is 5.88. The van der Waals surface area contributed by atoms with Crippen LogP contribution < -0.4 is 11.1 Å². The lowest BCUT2D eigenvalue weighted by atomic mass is 10.1. The number of hydrogen-bond donors (Lipinski definition) is 2. The zero-order valence-electron chi connectivity index (χ0n) is 9.32. The number of nitrogens with one attached hydrogen (secondary N) is 1. The van der Waals surface area contributed by atoms with E-state index in [9.17, 15) is 9.59 Å². The highest BCUT2D eigenvalue weighted by atomic mass is 16.2. The van der Waals surface area contributed by atoms with E-state index in [1.54, 1.807) is 4.90 Å². The van der Waals surface area contributed by atoms with E-state index in [4.69, 9.17) is 5.73 Å². The summed E-state index contributed by atoms with van der Waals surface area (Å²) >= 11 is 0. The van der Waals surface area contributed by atoms with Crippen molar-refractivity contribution in [1.29, 1.82) is 0 Å². The summed E-state index contributed by atoms with van der Waals surface area (Å²) in [6.45, 7) is 5.04. The number of carbonyl (C=O) groups excluding carboxylic acids is 2. The van der Waals surface area contributed by atoms with E-state index >= 15 is 0 Å². The van der Waals surface area contributed by atoms with Crippen molar-refractivity contribution < 1.29 is 9.59 Å². The lowest BCUT2D eigenvalue weighted by Gasteiger charge is -2.36. The van der Waals surface area contributed by atoms with Crippen molar-refractivity contribution in [2.24, 2.45) is 5.73 Å². The predicted octanol–water partition coefficient (Wildman–Crippen LogP) is -0.539. The fraction of sp³-hybridized carbons (Fsp3) is 0.800. The Morgan fingerprint density at radius 1 is 1.73 bits per heavy atom. The summed E-state index contributed by atoms with van der Waals surface area (Å²) in [4.78, 5) is 24.1. The van der Waals surface area contributed by atoms with E-state index in [0.29, 0.717) is 19.5 Å². The number of carbonyl (C=O) groups is 2. The Labute approximate surface area is 90.0 Å². The van der Waals surface area contributed by atoms with Crippen LogP contribution in [0.15, 0.2) is 0 Å². The van der Waals surface area contributed by atoms with Crippen LogP contribution in [0, 0.1) is 0 Å². The zero-order valence-corrected chi connectivity index (χ0v) is 9.32. The third-order valence-electron chi connectivity index (χ3n) is 2.67. The lowest BCUT2D eigenvalue weighted by Crippen LogP contribution is -2.61. The maximum atomic E-state index is 11.4. The topological polar surface area (TPSA) is 75.4 Å². The van der Waals surface area contributed by atoms with Crippen LogP contribution in [-0.4, -0.2) is 41.9 Å². The maximum absolute atomic E-state index is 11.4. The quantitative estimate of drug-likeness (QED) is 0.602. The lowest BCUT2D eigenvalue weighted by molar-refractivity contribution is -0.142. The van der Waals surface area contributed by atoms with Gasteiger partial charge < -0.3 is 16.0 Å². The molecule has 5 heteroatoms. The maximum Gasteiger partial charge on any atom is 0.241 e. The molecule has 0 saturated carbocycles. The van der Waals surface area contributed by atoms with Crippen molar-refractivity contribution in [3.8, 4) is 0 Å². The first-order valence-electron chi connectivity index (χ1n) is 5.38. The third kappa shape index (κ3) is 3.20. The van der Waals surface area contributed by atoms with Gasteiger partial charge in [-0.1, -0.05) is 6.92 Å². The summed E-state index contributed by atoms with van der Waals surface area (Å²) in [5.74, 6) is -0.0519. The molecular formula is C10H19N3O2. The molecule has 0 bridgehead atoms. The van der Waals surface area contributed by atoms with Crippen LogP contribution in [0.1, 0.15) is 26.7 Å². The van der Waals surface area contributed by atoms with Gasteiger partial charge in [-0.2, -0.15) is 0 Å². The van der Waals surface area contributed by atoms with Gasteiger partial charge in [-0.25, -0.2) is 0 Å². The van der Waals surface area contributed by atoms with Crippen LogP contribution in [0.2, 0.25) is 0 Å². The van der Waals surface area contributed by atoms with Gasteiger partial charge in [0.15, 0.2) is 0 Å². The highest BCUT2D eigenvalue weighted by Gasteiger charge is 2.33. The molecule has 86 valence electrons. The summed E-state index contributed by atoms with van der Waals surface area (Å²) in [6, 6.07) is -0.144. The molecule has 5 nitrogen and oxygen atoms in total. The number of hydrogen-bond acceptors (Lipinski definition) is 3. The zero-order chi connectivity index (χ0) is 11.4. The molecule has 3 N–H and O–H groups in total. The van der Waals surface area contributed by atoms with Crippen molar-refractivity contribution in [1.82, 2.24) is 10.2 Å². The van der Waals surface area contributed by atoms with E-state index < -0.39 is 0 Å². The largest absolute Gasteiger partial charge is 0.354 e. The van der Waals surface area contributed by atoms with E-state index in [0.717, 1.165) is 6.42 Å². The fourth-order valence-electron chi connectivity index (χ4n) is 1.41. The summed E-state index contributed by atoms with van der Waals surface area (Å²) in [5, 5.41) is 2.85. The second-order valence-corrected chi connectivity index (χ2v) is 4.02. The van der Waals surface area contributed by atoms with Gasteiger partial charge >= 0.3 is 0 Å². The molecule has 1 heterocycles. The summed E-state index contributed by atoms with van der Waals surface area (Å²) in [7, 11) is 0. The first-order valence-corrected chi connectivity index (χ1v) is 5.38. The van der Waals surface area contributed by atoms with Gasteiger partial charge in [0.1, 0.15) is 6.04 Å². The average molecular weight is 213 g/mol. The average Bonchev–Trinajstić information content (AvgIpc) is 2.23. The number of nitrogens with zero attached hydrogens (tertiary/aromatic N) is 1. The molecular weight excluding hydrogens is 194 g/mol. The van der Waals surface area contributed by atoms with Gasteiger partial charge in [-0.15, -0.1) is 0 Å². The monoisotopic (exact) mass is 213 g/mol. The van der Waals surface area contributed by atoms with Gasteiger partial charge in [0.2, 0.25) is 11.8 Å². The van der Waals surface area contributed by atoms with Gasteiger partial charge in [-0.3, -0.25) is 9.59 Å². The molecule has 0 aromatic heterocycles. The van der Waals surface area contributed by atoms with Gasteiger partial charge in [-0.05, 0) is 13.3 Å². The molecule has 1 saturated heterocycles. The fourth-order valence-corrected chi connectivity index (χ4v) is 1.41. The molecule has 2 amide bonds.